The number of nitrogens with zero attached hydrogens (tertiary/aromatic N) is 2. The smallest absolute Gasteiger partial charge is 0.305 e. The number of H-pyrrole nitrogens is 1. The van der Waals surface area contributed by atoms with Crippen molar-refractivity contribution in [3.63, 3.8) is 0 Å². The summed E-state index contributed by atoms with van der Waals surface area (Å²) >= 11 is 2.19. The molecule has 0 unspecified atom stereocenters. The van der Waals surface area contributed by atoms with Crippen molar-refractivity contribution in [3.05, 3.63) is 81.6 Å². The number of piperazine rings is 1. The second kappa shape index (κ2) is 9.62. The van der Waals surface area contributed by atoms with Gasteiger partial charge < -0.3 is 9.88 Å². The Kier molecular flexibility index (Phi) is 6.85. The average Bonchev–Trinajstić information content (AvgIpc) is 3.17. The van der Waals surface area contributed by atoms with Gasteiger partial charge in [-0.2, -0.15) is 4.31 Å². The van der Waals surface area contributed by atoms with Crippen LogP contribution in [0.1, 0.15) is 16.5 Å². The number of carbonyl (C=O) groups is 1. The summed E-state index contributed by atoms with van der Waals surface area (Å²) in [5.74, 6) is -0.0374. The Hall–Kier alpha value is -2.40. The van der Waals surface area contributed by atoms with Crippen molar-refractivity contribution >= 4 is 39.0 Å². The lowest BCUT2D eigenvalue weighted by molar-refractivity contribution is -0.131. The summed E-state index contributed by atoms with van der Waals surface area (Å²) in [6.45, 7) is 2.56. The summed E-state index contributed by atoms with van der Waals surface area (Å²) in [4.78, 5) is 29.9. The van der Waals surface area contributed by atoms with E-state index in [2.05, 4.69) is 4.98 Å². The molecule has 0 bridgehead atoms. The quantitative estimate of drug-likeness (QED) is 0.538. The van der Waals surface area contributed by atoms with E-state index in [9.17, 15) is 18.0 Å². The number of sulfonamides is 1. The summed E-state index contributed by atoms with van der Waals surface area (Å²) in [6, 6.07) is 19.4. The number of hydrogen-bond acceptors (Lipinski definition) is 6. The predicted octanol–water partition coefficient (Wildman–Crippen LogP) is 3.11. The van der Waals surface area contributed by atoms with Crippen LogP contribution in [0.2, 0.25) is 0 Å². The molecular formula is C22H23N3O4S3. The van der Waals surface area contributed by atoms with Crippen LogP contribution < -0.4 is 4.87 Å². The van der Waals surface area contributed by atoms with Crippen LogP contribution in [0.4, 0.5) is 0 Å². The molecule has 7 nitrogen and oxygen atoms in total. The summed E-state index contributed by atoms with van der Waals surface area (Å²) in [5, 5.41) is -0.418. The van der Waals surface area contributed by atoms with E-state index < -0.39 is 20.1 Å². The number of amides is 1. The molecule has 1 saturated heterocycles. The number of nitrogens with one attached hydrogen (secondary N) is 1. The zero-order valence-corrected chi connectivity index (χ0v) is 19.9. The lowest BCUT2D eigenvalue weighted by atomic mass is 10.1. The summed E-state index contributed by atoms with van der Waals surface area (Å²) in [6.07, 6.45) is 0. The molecule has 0 radical (unpaired) electrons. The molecule has 10 heteroatoms. The van der Waals surface area contributed by atoms with Crippen molar-refractivity contribution in [1.82, 2.24) is 14.2 Å². The normalized spacial score (nSPS) is 16.1. The molecule has 4 rings (SSSR count). The maximum Gasteiger partial charge on any atom is 0.305 e. The van der Waals surface area contributed by atoms with E-state index in [1.54, 1.807) is 11.8 Å². The lowest BCUT2D eigenvalue weighted by Gasteiger charge is -2.35. The van der Waals surface area contributed by atoms with E-state index in [0.29, 0.717) is 30.1 Å². The highest BCUT2D eigenvalue weighted by Gasteiger charge is 2.35. The Bertz CT molecular complexity index is 1230. The number of thiazole rings is 1. The fourth-order valence-electron chi connectivity index (χ4n) is 3.59. The van der Waals surface area contributed by atoms with Crippen molar-refractivity contribution in [2.45, 2.75) is 21.3 Å². The third-order valence-electron chi connectivity index (χ3n) is 5.23. The highest BCUT2D eigenvalue weighted by atomic mass is 32.2. The fraction of sp³-hybridized carbons (Fsp3) is 0.273. The average molecular weight is 490 g/mol. The molecule has 1 aliphatic heterocycles. The molecule has 2 aromatic carbocycles. The topological polar surface area (TPSA) is 90.5 Å². The number of rotatable bonds is 6. The maximum atomic E-state index is 13.5. The predicted molar refractivity (Wildman–Crippen MR) is 126 cm³/mol. The van der Waals surface area contributed by atoms with E-state index in [-0.39, 0.29) is 23.2 Å². The Morgan fingerprint density at radius 1 is 1.00 bits per heavy atom. The van der Waals surface area contributed by atoms with E-state index in [1.165, 1.54) is 16.1 Å². The molecule has 1 aliphatic rings. The fourth-order valence-corrected chi connectivity index (χ4v) is 7.58. The maximum absolute atomic E-state index is 13.5. The molecule has 0 saturated carbocycles. The SMILES string of the molecule is Cc1[nH]c(=O)sc1S(=O)(=O)N1CCN(C(=O)[C@@H](Sc2ccccc2)c2ccccc2)CC1. The molecular weight excluding hydrogens is 466 g/mol. The highest BCUT2D eigenvalue weighted by molar-refractivity contribution is 8.00. The van der Waals surface area contributed by atoms with Crippen LogP contribution in [-0.2, 0) is 14.8 Å². The largest absolute Gasteiger partial charge is 0.339 e. The van der Waals surface area contributed by atoms with Crippen LogP contribution >= 0.6 is 23.1 Å². The second-order valence-electron chi connectivity index (χ2n) is 7.38. The number of aryl methyl sites for hydroxylation is 1. The molecule has 168 valence electrons. The van der Waals surface area contributed by atoms with Gasteiger partial charge in [0.15, 0.2) is 4.21 Å². The summed E-state index contributed by atoms with van der Waals surface area (Å²) in [5.41, 5.74) is 1.26. The summed E-state index contributed by atoms with van der Waals surface area (Å²) < 4.78 is 27.3. The van der Waals surface area contributed by atoms with Gasteiger partial charge in [-0.15, -0.1) is 11.8 Å². The van der Waals surface area contributed by atoms with Gasteiger partial charge in [0.1, 0.15) is 5.25 Å². The first-order chi connectivity index (χ1) is 15.4. The van der Waals surface area contributed by atoms with E-state index in [4.69, 9.17) is 0 Å². The van der Waals surface area contributed by atoms with E-state index in [1.807, 2.05) is 60.7 Å². The molecule has 1 amide bonds. The molecule has 3 aromatic rings. The molecule has 0 spiro atoms. The van der Waals surface area contributed by atoms with Crippen molar-refractivity contribution in [2.75, 3.05) is 26.2 Å². The van der Waals surface area contributed by atoms with E-state index in [0.717, 1.165) is 10.5 Å². The molecule has 32 heavy (non-hydrogen) atoms. The minimum atomic E-state index is -3.76. The standard InChI is InChI=1S/C22H23N3O4S3/c1-16-21(31-22(27)23-16)32(28,29)25-14-12-24(13-15-25)20(26)19(17-8-4-2-5-9-17)30-18-10-6-3-7-11-18/h2-11,19H,12-15H2,1H3,(H,23,27)/t19-/m0/s1. The van der Waals surface area contributed by atoms with Crippen LogP contribution in [0.3, 0.4) is 0 Å². The van der Waals surface area contributed by atoms with Gasteiger partial charge in [0.25, 0.3) is 10.0 Å². The Morgan fingerprint density at radius 2 is 1.59 bits per heavy atom. The van der Waals surface area contributed by atoms with Crippen LogP contribution in [0.5, 0.6) is 0 Å². The van der Waals surface area contributed by atoms with Gasteiger partial charge in [0.2, 0.25) is 5.91 Å². The third-order valence-corrected chi connectivity index (χ3v) is 9.96. The van der Waals surface area contributed by atoms with Gasteiger partial charge in [0, 0.05) is 36.8 Å². The first-order valence-electron chi connectivity index (χ1n) is 10.1. The highest BCUT2D eigenvalue weighted by Crippen LogP contribution is 2.37. The first kappa shape index (κ1) is 22.8. The van der Waals surface area contributed by atoms with Gasteiger partial charge in [0.05, 0.1) is 0 Å². The number of aromatic nitrogens is 1. The molecule has 0 aliphatic carbocycles. The molecule has 2 heterocycles. The van der Waals surface area contributed by atoms with Crippen molar-refractivity contribution in [1.29, 1.82) is 0 Å². The van der Waals surface area contributed by atoms with Gasteiger partial charge in [-0.1, -0.05) is 59.9 Å². The number of carbonyl (C=O) groups excluding carboxylic acids is 1. The zero-order valence-electron chi connectivity index (χ0n) is 17.4. The van der Waals surface area contributed by atoms with Crippen LogP contribution in [-0.4, -0.2) is 54.7 Å². The van der Waals surface area contributed by atoms with Crippen LogP contribution in [0.25, 0.3) is 0 Å². The monoisotopic (exact) mass is 489 g/mol. The molecule has 1 aromatic heterocycles. The Morgan fingerprint density at radius 3 is 2.16 bits per heavy atom. The Labute approximate surface area is 195 Å². The summed E-state index contributed by atoms with van der Waals surface area (Å²) in [7, 11) is -3.76. The van der Waals surface area contributed by atoms with Gasteiger partial charge in [-0.3, -0.25) is 9.59 Å². The van der Waals surface area contributed by atoms with Crippen molar-refractivity contribution < 1.29 is 13.2 Å². The number of benzene rings is 2. The van der Waals surface area contributed by atoms with Gasteiger partial charge >= 0.3 is 4.87 Å². The van der Waals surface area contributed by atoms with Gasteiger partial charge in [-0.05, 0) is 24.6 Å². The zero-order chi connectivity index (χ0) is 22.7. The van der Waals surface area contributed by atoms with E-state index >= 15 is 0 Å². The minimum Gasteiger partial charge on any atom is -0.339 e. The third kappa shape index (κ3) is 4.83. The second-order valence-corrected chi connectivity index (χ2v) is 11.7. The number of hydrogen-bond donors (Lipinski definition) is 1. The lowest BCUT2D eigenvalue weighted by Crippen LogP contribution is -2.51. The minimum absolute atomic E-state index is 0.0374. The van der Waals surface area contributed by atoms with Gasteiger partial charge in [-0.25, -0.2) is 8.42 Å². The molecule has 1 N–H and O–H groups in total. The molecule has 1 atom stereocenters. The first-order valence-corrected chi connectivity index (χ1v) is 13.2. The van der Waals surface area contributed by atoms with Crippen LogP contribution in [0, 0.1) is 6.92 Å². The Balaban J connectivity index is 1.50. The number of thioether (sulfide) groups is 1. The van der Waals surface area contributed by atoms with Crippen molar-refractivity contribution in [3.8, 4) is 0 Å². The molecule has 1 fully saturated rings. The number of aromatic amines is 1. The van der Waals surface area contributed by atoms with Crippen molar-refractivity contribution in [2.24, 2.45) is 0 Å². The van der Waals surface area contributed by atoms with Crippen LogP contribution in [0.15, 0.2) is 74.6 Å².